The number of thioether (sulfide) groups is 1. The molecule has 32 heavy (non-hydrogen) atoms. The molecule has 0 aromatic heterocycles. The molecule has 1 aliphatic rings. The number of nitrogens with zero attached hydrogens (tertiary/aromatic N) is 1. The van der Waals surface area contributed by atoms with E-state index in [2.05, 4.69) is 21.2 Å². The molecule has 3 amide bonds. The van der Waals surface area contributed by atoms with Crippen LogP contribution in [-0.4, -0.2) is 41.7 Å². The van der Waals surface area contributed by atoms with Gasteiger partial charge in [0.1, 0.15) is 6.54 Å². The lowest BCUT2D eigenvalue weighted by atomic mass is 10.2. The molecule has 168 valence electrons. The second-order valence-corrected chi connectivity index (χ2v) is 8.77. The summed E-state index contributed by atoms with van der Waals surface area (Å²) in [4.78, 5) is 38.6. The van der Waals surface area contributed by atoms with E-state index in [0.29, 0.717) is 45.5 Å². The van der Waals surface area contributed by atoms with Crippen molar-refractivity contribution in [2.24, 2.45) is 0 Å². The van der Waals surface area contributed by atoms with Gasteiger partial charge in [0.2, 0.25) is 5.91 Å². The number of benzene rings is 2. The number of carbonyl (C=O) groups excluding carboxylic acids is 3. The van der Waals surface area contributed by atoms with Crippen LogP contribution in [0.4, 0.5) is 10.5 Å². The fourth-order valence-corrected chi connectivity index (χ4v) is 4.13. The van der Waals surface area contributed by atoms with Crippen LogP contribution in [-0.2, 0) is 9.59 Å². The van der Waals surface area contributed by atoms with Gasteiger partial charge in [-0.2, -0.15) is 0 Å². The minimum atomic E-state index is -0.532. The van der Waals surface area contributed by atoms with Crippen LogP contribution in [0.1, 0.15) is 19.4 Å². The summed E-state index contributed by atoms with van der Waals surface area (Å²) in [6.07, 6.45) is 1.59. The molecule has 1 saturated heterocycles. The zero-order valence-electron chi connectivity index (χ0n) is 17.3. The van der Waals surface area contributed by atoms with Crippen molar-refractivity contribution >= 4 is 68.1 Å². The van der Waals surface area contributed by atoms with Gasteiger partial charge in [0, 0.05) is 10.2 Å². The van der Waals surface area contributed by atoms with Gasteiger partial charge in [-0.05, 0) is 83.5 Å². The Morgan fingerprint density at radius 1 is 1.12 bits per heavy atom. The first-order chi connectivity index (χ1) is 15.3. The highest BCUT2D eigenvalue weighted by molar-refractivity contribution is 9.10. The number of carbonyl (C=O) groups is 3. The lowest BCUT2D eigenvalue weighted by Gasteiger charge is -2.13. The summed E-state index contributed by atoms with van der Waals surface area (Å²) in [5.74, 6) is 0.113. The Balaban J connectivity index is 1.72. The third-order valence-corrected chi connectivity index (χ3v) is 6.38. The van der Waals surface area contributed by atoms with E-state index in [1.807, 2.05) is 13.8 Å². The van der Waals surface area contributed by atoms with E-state index in [4.69, 9.17) is 21.1 Å². The largest absolute Gasteiger partial charge is 0.490 e. The normalized spacial score (nSPS) is 14.8. The van der Waals surface area contributed by atoms with Crippen molar-refractivity contribution in [1.82, 2.24) is 4.90 Å². The molecule has 1 aliphatic heterocycles. The van der Waals surface area contributed by atoms with Crippen LogP contribution >= 0.6 is 39.3 Å². The number of ether oxygens (including phenoxy) is 2. The van der Waals surface area contributed by atoms with Crippen LogP contribution in [0.5, 0.6) is 11.5 Å². The van der Waals surface area contributed by atoms with E-state index >= 15 is 0 Å². The second kappa shape index (κ2) is 10.9. The van der Waals surface area contributed by atoms with Crippen LogP contribution in [0, 0.1) is 0 Å². The lowest BCUT2D eigenvalue weighted by Crippen LogP contribution is -2.36. The van der Waals surface area contributed by atoms with E-state index in [9.17, 15) is 14.4 Å². The quantitative estimate of drug-likeness (QED) is 0.441. The molecule has 3 rings (SSSR count). The maximum atomic E-state index is 12.7. The highest BCUT2D eigenvalue weighted by atomic mass is 79.9. The van der Waals surface area contributed by atoms with Crippen molar-refractivity contribution in [2.75, 3.05) is 25.1 Å². The fraction of sp³-hybridized carbons (Fsp3) is 0.227. The third kappa shape index (κ3) is 5.85. The second-order valence-electron chi connectivity index (χ2n) is 6.52. The number of halogens is 2. The molecule has 0 spiro atoms. The first kappa shape index (κ1) is 24.2. The summed E-state index contributed by atoms with van der Waals surface area (Å²) in [7, 11) is 0. The van der Waals surface area contributed by atoms with Crippen LogP contribution in [0.3, 0.4) is 0 Å². The average molecular weight is 540 g/mol. The molecule has 10 heteroatoms. The molecule has 0 unspecified atom stereocenters. The number of nitrogens with one attached hydrogen (secondary N) is 1. The van der Waals surface area contributed by atoms with Gasteiger partial charge in [-0.25, -0.2) is 0 Å². The lowest BCUT2D eigenvalue weighted by molar-refractivity contribution is -0.127. The third-order valence-electron chi connectivity index (χ3n) is 4.24. The number of amides is 3. The molecule has 1 N–H and O–H groups in total. The maximum Gasteiger partial charge on any atom is 0.294 e. The van der Waals surface area contributed by atoms with Crippen molar-refractivity contribution in [3.8, 4) is 11.5 Å². The highest BCUT2D eigenvalue weighted by Gasteiger charge is 2.36. The minimum absolute atomic E-state index is 0.223. The fourth-order valence-electron chi connectivity index (χ4n) is 2.86. The summed E-state index contributed by atoms with van der Waals surface area (Å²) in [5, 5.41) is 2.55. The summed E-state index contributed by atoms with van der Waals surface area (Å²) in [5.41, 5.74) is 1.14. The number of imide groups is 1. The SMILES string of the molecule is CCOc1ccc(/C=C2/SC(=O)N(CC(=O)Nc3ccc(Br)c(Cl)c3)C2=O)cc1OCC. The molecule has 0 radical (unpaired) electrons. The summed E-state index contributed by atoms with van der Waals surface area (Å²) < 4.78 is 11.8. The molecule has 2 aromatic rings. The minimum Gasteiger partial charge on any atom is -0.490 e. The number of rotatable bonds is 8. The smallest absolute Gasteiger partial charge is 0.294 e. The van der Waals surface area contributed by atoms with Gasteiger partial charge < -0.3 is 14.8 Å². The van der Waals surface area contributed by atoms with E-state index in [0.717, 1.165) is 16.7 Å². The molecule has 7 nitrogen and oxygen atoms in total. The number of anilines is 1. The first-order valence-electron chi connectivity index (χ1n) is 9.72. The van der Waals surface area contributed by atoms with Gasteiger partial charge in [0.25, 0.3) is 11.1 Å². The molecular formula is C22H20BrClN2O5S. The van der Waals surface area contributed by atoms with E-state index in [1.54, 1.807) is 42.5 Å². The van der Waals surface area contributed by atoms with Crippen LogP contribution in [0.25, 0.3) is 6.08 Å². The zero-order chi connectivity index (χ0) is 23.3. The van der Waals surface area contributed by atoms with Crippen molar-refractivity contribution in [3.05, 3.63) is 56.4 Å². The zero-order valence-corrected chi connectivity index (χ0v) is 20.5. The first-order valence-corrected chi connectivity index (χ1v) is 11.7. The Hall–Kier alpha value is -2.49. The average Bonchev–Trinajstić information content (AvgIpc) is 3.00. The van der Waals surface area contributed by atoms with E-state index < -0.39 is 23.6 Å². The van der Waals surface area contributed by atoms with Gasteiger partial charge in [0.05, 0.1) is 23.1 Å². The van der Waals surface area contributed by atoms with Crippen LogP contribution in [0.2, 0.25) is 5.02 Å². The summed E-state index contributed by atoms with van der Waals surface area (Å²) in [6, 6.07) is 10.2. The highest BCUT2D eigenvalue weighted by Crippen LogP contribution is 2.34. The Kier molecular flexibility index (Phi) is 8.22. The maximum absolute atomic E-state index is 12.7. The molecule has 0 aliphatic carbocycles. The molecule has 1 fully saturated rings. The predicted octanol–water partition coefficient (Wildman–Crippen LogP) is 5.57. The van der Waals surface area contributed by atoms with Crippen molar-refractivity contribution in [3.63, 3.8) is 0 Å². The summed E-state index contributed by atoms with van der Waals surface area (Å²) >= 11 is 10.1. The molecule has 0 bridgehead atoms. The van der Waals surface area contributed by atoms with Crippen molar-refractivity contribution in [1.29, 1.82) is 0 Å². The number of hydrogen-bond donors (Lipinski definition) is 1. The van der Waals surface area contributed by atoms with Crippen LogP contribution < -0.4 is 14.8 Å². The Labute approximate surface area is 203 Å². The van der Waals surface area contributed by atoms with Crippen molar-refractivity contribution < 1.29 is 23.9 Å². The van der Waals surface area contributed by atoms with Gasteiger partial charge in [0.15, 0.2) is 11.5 Å². The molecule has 1 heterocycles. The Morgan fingerprint density at radius 3 is 2.53 bits per heavy atom. The van der Waals surface area contributed by atoms with Gasteiger partial charge in [-0.3, -0.25) is 19.3 Å². The molecular weight excluding hydrogens is 520 g/mol. The van der Waals surface area contributed by atoms with Gasteiger partial charge in [-0.1, -0.05) is 17.7 Å². The number of hydrogen-bond acceptors (Lipinski definition) is 6. The molecule has 2 aromatic carbocycles. The standard InChI is InChI=1S/C22H20BrClN2O5S/c1-3-30-17-8-5-13(9-18(17)31-4-2)10-19-21(28)26(22(29)32-19)12-20(27)25-14-6-7-15(23)16(24)11-14/h5-11H,3-4,12H2,1-2H3,(H,25,27)/b19-10+. The van der Waals surface area contributed by atoms with E-state index in [-0.39, 0.29) is 4.91 Å². The van der Waals surface area contributed by atoms with Gasteiger partial charge in [-0.15, -0.1) is 0 Å². The molecule has 0 atom stereocenters. The topological polar surface area (TPSA) is 84.9 Å². The predicted molar refractivity (Wildman–Crippen MR) is 129 cm³/mol. The Bertz CT molecular complexity index is 1090. The Morgan fingerprint density at radius 2 is 1.84 bits per heavy atom. The van der Waals surface area contributed by atoms with E-state index in [1.165, 1.54) is 0 Å². The molecule has 0 saturated carbocycles. The van der Waals surface area contributed by atoms with Crippen molar-refractivity contribution in [2.45, 2.75) is 13.8 Å². The van der Waals surface area contributed by atoms with Crippen LogP contribution in [0.15, 0.2) is 45.8 Å². The van der Waals surface area contributed by atoms with Gasteiger partial charge >= 0.3 is 0 Å². The monoisotopic (exact) mass is 538 g/mol. The summed E-state index contributed by atoms with van der Waals surface area (Å²) in [6.45, 7) is 4.29.